The zero-order valence-corrected chi connectivity index (χ0v) is 11.8. The van der Waals surface area contributed by atoms with Crippen LogP contribution < -0.4 is 4.90 Å². The lowest BCUT2D eigenvalue weighted by Gasteiger charge is -2.45. The molecule has 1 aliphatic carbocycles. The molecule has 1 aromatic heterocycles. The standard InChI is InChI=1S/C17H21N3/c1-4-10-16-13(6-1)7-5-11-20(16)17-14-8-2-3-9-15(14)18-12-19-17/h2-3,8-9,12-13,16H,1,4-7,10-11H2. The minimum absolute atomic E-state index is 0.704. The molecule has 0 N–H and O–H groups in total. The zero-order valence-electron chi connectivity index (χ0n) is 11.8. The van der Waals surface area contributed by atoms with Gasteiger partial charge in [0.1, 0.15) is 12.1 Å². The number of fused-ring (bicyclic) bond motifs is 2. The molecule has 2 atom stereocenters. The molecule has 0 bridgehead atoms. The second kappa shape index (κ2) is 5.04. The van der Waals surface area contributed by atoms with Crippen LogP contribution in [-0.4, -0.2) is 22.6 Å². The first kappa shape index (κ1) is 12.1. The highest BCUT2D eigenvalue weighted by molar-refractivity contribution is 5.89. The Morgan fingerprint density at radius 2 is 1.80 bits per heavy atom. The van der Waals surface area contributed by atoms with Gasteiger partial charge in [0.05, 0.1) is 5.52 Å². The molecule has 104 valence electrons. The molecular formula is C17H21N3. The molecule has 2 heterocycles. The molecule has 1 saturated heterocycles. The average molecular weight is 267 g/mol. The Morgan fingerprint density at radius 3 is 2.80 bits per heavy atom. The summed E-state index contributed by atoms with van der Waals surface area (Å²) in [5, 5.41) is 1.21. The van der Waals surface area contributed by atoms with Crippen LogP contribution in [0.4, 0.5) is 5.82 Å². The molecule has 2 unspecified atom stereocenters. The molecule has 2 aliphatic rings. The van der Waals surface area contributed by atoms with Gasteiger partial charge in [0.25, 0.3) is 0 Å². The summed E-state index contributed by atoms with van der Waals surface area (Å²) >= 11 is 0. The Morgan fingerprint density at radius 1 is 0.950 bits per heavy atom. The van der Waals surface area contributed by atoms with Crippen molar-refractivity contribution in [1.82, 2.24) is 9.97 Å². The van der Waals surface area contributed by atoms with E-state index in [-0.39, 0.29) is 0 Å². The molecule has 2 fully saturated rings. The van der Waals surface area contributed by atoms with Gasteiger partial charge in [0.2, 0.25) is 0 Å². The molecule has 4 rings (SSSR count). The zero-order chi connectivity index (χ0) is 13.4. The maximum atomic E-state index is 4.64. The molecular weight excluding hydrogens is 246 g/mol. The van der Waals surface area contributed by atoms with Gasteiger partial charge in [0.15, 0.2) is 0 Å². The number of para-hydroxylation sites is 1. The van der Waals surface area contributed by atoms with Gasteiger partial charge in [-0.3, -0.25) is 0 Å². The number of piperidine rings is 1. The SMILES string of the molecule is c1ccc2c(N3CCCC4CCCCC43)ncnc2c1. The molecule has 20 heavy (non-hydrogen) atoms. The molecule has 0 amide bonds. The van der Waals surface area contributed by atoms with Gasteiger partial charge in [-0.05, 0) is 43.7 Å². The van der Waals surface area contributed by atoms with E-state index in [1.165, 1.54) is 43.9 Å². The molecule has 3 heteroatoms. The van der Waals surface area contributed by atoms with Gasteiger partial charge < -0.3 is 4.90 Å². The summed E-state index contributed by atoms with van der Waals surface area (Å²) in [6.45, 7) is 1.15. The Kier molecular flexibility index (Phi) is 3.06. The van der Waals surface area contributed by atoms with E-state index in [0.29, 0.717) is 6.04 Å². The maximum Gasteiger partial charge on any atom is 0.140 e. The lowest BCUT2D eigenvalue weighted by molar-refractivity contribution is 0.243. The Labute approximate surface area is 120 Å². The third-order valence-corrected chi connectivity index (χ3v) is 5.04. The summed E-state index contributed by atoms with van der Waals surface area (Å²) in [6, 6.07) is 9.10. The highest BCUT2D eigenvalue weighted by atomic mass is 15.2. The molecule has 3 nitrogen and oxygen atoms in total. The molecule has 1 aromatic carbocycles. The van der Waals surface area contributed by atoms with Gasteiger partial charge >= 0.3 is 0 Å². The molecule has 1 aliphatic heterocycles. The monoisotopic (exact) mass is 267 g/mol. The van der Waals surface area contributed by atoms with Crippen LogP contribution in [-0.2, 0) is 0 Å². The number of hydrogen-bond donors (Lipinski definition) is 0. The van der Waals surface area contributed by atoms with Crippen LogP contribution in [0.5, 0.6) is 0 Å². The summed E-state index contributed by atoms with van der Waals surface area (Å²) in [5.41, 5.74) is 1.07. The fourth-order valence-corrected chi connectivity index (χ4v) is 4.11. The van der Waals surface area contributed by atoms with Gasteiger partial charge in [-0.25, -0.2) is 9.97 Å². The Hall–Kier alpha value is -1.64. The van der Waals surface area contributed by atoms with E-state index < -0.39 is 0 Å². The number of hydrogen-bond acceptors (Lipinski definition) is 3. The largest absolute Gasteiger partial charge is 0.353 e. The third kappa shape index (κ3) is 1.96. The van der Waals surface area contributed by atoms with E-state index in [1.807, 2.05) is 0 Å². The van der Waals surface area contributed by atoms with E-state index >= 15 is 0 Å². The van der Waals surface area contributed by atoms with Crippen molar-refractivity contribution in [3.05, 3.63) is 30.6 Å². The van der Waals surface area contributed by atoms with Crippen LogP contribution in [0.2, 0.25) is 0 Å². The normalized spacial score (nSPS) is 26.5. The van der Waals surface area contributed by atoms with Crippen LogP contribution in [0.3, 0.4) is 0 Å². The maximum absolute atomic E-state index is 4.64. The van der Waals surface area contributed by atoms with Crippen molar-refractivity contribution in [1.29, 1.82) is 0 Å². The number of rotatable bonds is 1. The first-order valence-electron chi connectivity index (χ1n) is 7.90. The number of nitrogens with zero attached hydrogens (tertiary/aromatic N) is 3. The third-order valence-electron chi connectivity index (χ3n) is 5.04. The Bertz CT molecular complexity index is 603. The summed E-state index contributed by atoms with van der Waals surface area (Å²) in [5.74, 6) is 2.04. The van der Waals surface area contributed by atoms with Crippen LogP contribution in [0.15, 0.2) is 30.6 Å². The molecule has 2 aromatic rings. The summed E-state index contributed by atoms with van der Waals surface area (Å²) in [6.07, 6.45) is 9.97. The predicted molar refractivity (Wildman–Crippen MR) is 81.9 cm³/mol. The van der Waals surface area contributed by atoms with E-state index in [4.69, 9.17) is 0 Å². The smallest absolute Gasteiger partial charge is 0.140 e. The average Bonchev–Trinajstić information content (AvgIpc) is 2.54. The molecule has 0 spiro atoms. The van der Waals surface area contributed by atoms with Crippen LogP contribution >= 0.6 is 0 Å². The predicted octanol–water partition coefficient (Wildman–Crippen LogP) is 3.79. The van der Waals surface area contributed by atoms with Crippen LogP contribution in [0.1, 0.15) is 38.5 Å². The highest BCUT2D eigenvalue weighted by Gasteiger charge is 2.34. The topological polar surface area (TPSA) is 29.0 Å². The van der Waals surface area contributed by atoms with Crippen molar-refractivity contribution in [3.8, 4) is 0 Å². The van der Waals surface area contributed by atoms with Crippen molar-refractivity contribution >= 4 is 16.7 Å². The van der Waals surface area contributed by atoms with Crippen molar-refractivity contribution in [3.63, 3.8) is 0 Å². The van der Waals surface area contributed by atoms with E-state index in [0.717, 1.165) is 23.8 Å². The van der Waals surface area contributed by atoms with Gasteiger partial charge in [-0.15, -0.1) is 0 Å². The van der Waals surface area contributed by atoms with E-state index in [1.54, 1.807) is 6.33 Å². The number of aromatic nitrogens is 2. The number of anilines is 1. The summed E-state index contributed by atoms with van der Waals surface area (Å²) in [4.78, 5) is 11.6. The first-order chi connectivity index (χ1) is 9.93. The van der Waals surface area contributed by atoms with E-state index in [9.17, 15) is 0 Å². The van der Waals surface area contributed by atoms with Crippen LogP contribution in [0, 0.1) is 5.92 Å². The lowest BCUT2D eigenvalue weighted by Crippen LogP contribution is -2.47. The second-order valence-corrected chi connectivity index (χ2v) is 6.16. The minimum Gasteiger partial charge on any atom is -0.353 e. The Balaban J connectivity index is 1.77. The fourth-order valence-electron chi connectivity index (χ4n) is 4.11. The van der Waals surface area contributed by atoms with Gasteiger partial charge in [0, 0.05) is 18.0 Å². The van der Waals surface area contributed by atoms with Gasteiger partial charge in [-0.1, -0.05) is 25.0 Å². The lowest BCUT2D eigenvalue weighted by atomic mass is 9.78. The molecule has 0 radical (unpaired) electrons. The molecule has 1 saturated carbocycles. The first-order valence-corrected chi connectivity index (χ1v) is 7.90. The summed E-state index contributed by atoms with van der Waals surface area (Å²) < 4.78 is 0. The summed E-state index contributed by atoms with van der Waals surface area (Å²) in [7, 11) is 0. The van der Waals surface area contributed by atoms with E-state index in [2.05, 4.69) is 39.1 Å². The second-order valence-electron chi connectivity index (χ2n) is 6.16. The van der Waals surface area contributed by atoms with Crippen LogP contribution in [0.25, 0.3) is 10.9 Å². The van der Waals surface area contributed by atoms with Crippen molar-refractivity contribution in [2.75, 3.05) is 11.4 Å². The van der Waals surface area contributed by atoms with Gasteiger partial charge in [-0.2, -0.15) is 0 Å². The van der Waals surface area contributed by atoms with Crippen molar-refractivity contribution < 1.29 is 0 Å². The minimum atomic E-state index is 0.704. The quantitative estimate of drug-likeness (QED) is 0.787. The number of benzene rings is 1. The van der Waals surface area contributed by atoms with Crippen molar-refractivity contribution in [2.24, 2.45) is 5.92 Å². The highest BCUT2D eigenvalue weighted by Crippen LogP contribution is 2.38. The van der Waals surface area contributed by atoms with Crippen molar-refractivity contribution in [2.45, 2.75) is 44.6 Å². The fraction of sp³-hybridized carbons (Fsp3) is 0.529.